The molecule has 0 N–H and O–H groups in total. The molecule has 2 atom stereocenters. The zero-order chi connectivity index (χ0) is 8.06. The molecule has 3 nitrogen and oxygen atoms in total. The van der Waals surface area contributed by atoms with Crippen molar-refractivity contribution < 1.29 is 18.7 Å². The molecule has 0 spiro atoms. The van der Waals surface area contributed by atoms with Gasteiger partial charge in [0.1, 0.15) is 5.78 Å². The number of Topliss-reactive ketones (excluding diaryl/α,β-unsaturated/α-hetero) is 1. The first-order valence-electron chi connectivity index (χ1n) is 3.55. The van der Waals surface area contributed by atoms with Crippen LogP contribution in [0.2, 0.25) is 0 Å². The standard InChI is InChI=1S/C7H7FO3/c8-7-2-1-5(9)4(7)3-6(10)11-7/h4H,1-3H2/t4-,7+/m0/s1. The third-order valence-corrected chi connectivity index (χ3v) is 2.28. The van der Waals surface area contributed by atoms with E-state index in [2.05, 4.69) is 4.74 Å². The number of carbonyl (C=O) groups excluding carboxylic acids is 2. The minimum atomic E-state index is -1.95. The van der Waals surface area contributed by atoms with Crippen molar-refractivity contribution in [3.05, 3.63) is 0 Å². The predicted molar refractivity (Wildman–Crippen MR) is 32.3 cm³/mol. The van der Waals surface area contributed by atoms with Crippen LogP contribution in [-0.4, -0.2) is 17.6 Å². The number of ether oxygens (including phenoxy) is 1. The first-order chi connectivity index (χ1) is 5.12. The molecular formula is C7H7FO3. The lowest BCUT2D eigenvalue weighted by Gasteiger charge is -2.14. The van der Waals surface area contributed by atoms with Gasteiger partial charge in [0, 0.05) is 12.8 Å². The zero-order valence-electron chi connectivity index (χ0n) is 5.80. The number of halogens is 1. The smallest absolute Gasteiger partial charge is 0.309 e. The van der Waals surface area contributed by atoms with Crippen molar-refractivity contribution >= 4 is 11.8 Å². The van der Waals surface area contributed by atoms with Gasteiger partial charge in [-0.25, -0.2) is 0 Å². The molecule has 1 saturated heterocycles. The van der Waals surface area contributed by atoms with E-state index in [4.69, 9.17) is 0 Å². The summed E-state index contributed by atoms with van der Waals surface area (Å²) in [6.07, 6.45) is 0.173. The summed E-state index contributed by atoms with van der Waals surface area (Å²) >= 11 is 0. The Hall–Kier alpha value is -0.930. The van der Waals surface area contributed by atoms with Crippen LogP contribution in [-0.2, 0) is 14.3 Å². The van der Waals surface area contributed by atoms with E-state index in [1.165, 1.54) is 0 Å². The Kier molecular flexibility index (Phi) is 1.11. The van der Waals surface area contributed by atoms with Crippen LogP contribution < -0.4 is 0 Å². The Morgan fingerprint density at radius 1 is 1.55 bits per heavy atom. The van der Waals surface area contributed by atoms with Crippen molar-refractivity contribution in [3.63, 3.8) is 0 Å². The van der Waals surface area contributed by atoms with Gasteiger partial charge in [0.05, 0.1) is 12.3 Å². The van der Waals surface area contributed by atoms with Crippen LogP contribution >= 0.6 is 0 Å². The number of rotatable bonds is 0. The molecule has 1 saturated carbocycles. The fourth-order valence-electron chi connectivity index (χ4n) is 1.67. The van der Waals surface area contributed by atoms with Crippen LogP contribution in [0, 0.1) is 5.92 Å². The Morgan fingerprint density at radius 3 is 2.91 bits per heavy atom. The van der Waals surface area contributed by atoms with E-state index < -0.39 is 17.7 Å². The molecule has 0 aromatic carbocycles. The molecule has 0 amide bonds. The van der Waals surface area contributed by atoms with E-state index in [9.17, 15) is 14.0 Å². The van der Waals surface area contributed by atoms with Gasteiger partial charge in [0.2, 0.25) is 0 Å². The van der Waals surface area contributed by atoms with Crippen molar-refractivity contribution in [2.24, 2.45) is 5.92 Å². The Balaban J connectivity index is 2.31. The third-order valence-electron chi connectivity index (χ3n) is 2.28. The highest BCUT2D eigenvalue weighted by atomic mass is 19.2. The molecule has 0 bridgehead atoms. The number of hydrogen-bond donors (Lipinski definition) is 0. The first-order valence-corrected chi connectivity index (χ1v) is 3.55. The normalized spacial score (nSPS) is 42.5. The highest BCUT2D eigenvalue weighted by molar-refractivity contribution is 5.91. The molecule has 2 aliphatic rings. The summed E-state index contributed by atoms with van der Waals surface area (Å²) in [4.78, 5) is 21.5. The van der Waals surface area contributed by atoms with E-state index in [1.807, 2.05) is 0 Å². The van der Waals surface area contributed by atoms with E-state index in [1.54, 1.807) is 0 Å². The molecule has 1 heterocycles. The largest absolute Gasteiger partial charge is 0.428 e. The molecule has 1 aliphatic carbocycles. The number of fused-ring (bicyclic) bond motifs is 1. The van der Waals surface area contributed by atoms with Gasteiger partial charge in [-0.1, -0.05) is 0 Å². The number of alkyl halides is 1. The summed E-state index contributed by atoms with van der Waals surface area (Å²) in [5.41, 5.74) is 0. The number of carbonyl (C=O) groups is 2. The average Bonchev–Trinajstić information content (AvgIpc) is 2.32. The lowest BCUT2D eigenvalue weighted by atomic mass is 10.0. The maximum absolute atomic E-state index is 13.3. The van der Waals surface area contributed by atoms with Crippen molar-refractivity contribution in [1.82, 2.24) is 0 Å². The number of ketones is 1. The van der Waals surface area contributed by atoms with Gasteiger partial charge in [0.25, 0.3) is 5.85 Å². The SMILES string of the molecule is O=C1C[C@H]2C(=O)CC[C@@]2(F)O1. The van der Waals surface area contributed by atoms with Crippen molar-refractivity contribution in [2.45, 2.75) is 25.1 Å². The van der Waals surface area contributed by atoms with Crippen LogP contribution in [0.1, 0.15) is 19.3 Å². The van der Waals surface area contributed by atoms with Gasteiger partial charge < -0.3 is 4.74 Å². The minimum Gasteiger partial charge on any atom is -0.428 e. The molecular weight excluding hydrogens is 151 g/mol. The van der Waals surface area contributed by atoms with Crippen molar-refractivity contribution in [3.8, 4) is 0 Å². The molecule has 0 aromatic heterocycles. The van der Waals surface area contributed by atoms with Gasteiger partial charge in [-0.3, -0.25) is 9.59 Å². The van der Waals surface area contributed by atoms with E-state index in [-0.39, 0.29) is 25.0 Å². The molecule has 2 rings (SSSR count). The summed E-state index contributed by atoms with van der Waals surface area (Å²) in [5, 5.41) is 0. The Bertz CT molecular complexity index is 238. The summed E-state index contributed by atoms with van der Waals surface area (Å²) < 4.78 is 17.8. The molecule has 1 aliphatic heterocycles. The van der Waals surface area contributed by atoms with Gasteiger partial charge in [-0.2, -0.15) is 4.39 Å². The van der Waals surface area contributed by atoms with E-state index in [0.717, 1.165) is 0 Å². The molecule has 0 unspecified atom stereocenters. The molecule has 2 fully saturated rings. The Labute approximate surface area is 62.5 Å². The first kappa shape index (κ1) is 6.76. The lowest BCUT2D eigenvalue weighted by Crippen LogP contribution is -2.26. The maximum atomic E-state index is 13.3. The van der Waals surface area contributed by atoms with Crippen molar-refractivity contribution in [1.29, 1.82) is 0 Å². The van der Waals surface area contributed by atoms with Crippen LogP contribution in [0.15, 0.2) is 0 Å². The monoisotopic (exact) mass is 158 g/mol. The third kappa shape index (κ3) is 0.783. The summed E-state index contributed by atoms with van der Waals surface area (Å²) in [6.45, 7) is 0. The Morgan fingerprint density at radius 2 is 2.27 bits per heavy atom. The highest BCUT2D eigenvalue weighted by Crippen LogP contribution is 2.44. The fourth-order valence-corrected chi connectivity index (χ4v) is 1.67. The van der Waals surface area contributed by atoms with E-state index in [0.29, 0.717) is 0 Å². The van der Waals surface area contributed by atoms with E-state index >= 15 is 0 Å². The topological polar surface area (TPSA) is 43.4 Å². The second kappa shape index (κ2) is 1.81. The number of hydrogen-bond acceptors (Lipinski definition) is 3. The molecule has 60 valence electrons. The van der Waals surface area contributed by atoms with Crippen LogP contribution in [0.3, 0.4) is 0 Å². The molecule has 0 radical (unpaired) electrons. The van der Waals surface area contributed by atoms with Gasteiger partial charge in [0.15, 0.2) is 0 Å². The molecule has 11 heavy (non-hydrogen) atoms. The molecule has 4 heteroatoms. The second-order valence-corrected chi connectivity index (χ2v) is 2.98. The molecule has 0 aromatic rings. The second-order valence-electron chi connectivity index (χ2n) is 2.98. The minimum absolute atomic E-state index is 0.0439. The maximum Gasteiger partial charge on any atom is 0.309 e. The van der Waals surface area contributed by atoms with Gasteiger partial charge in [-0.05, 0) is 0 Å². The quantitative estimate of drug-likeness (QED) is 0.484. The average molecular weight is 158 g/mol. The predicted octanol–water partition coefficient (Wildman–Crippen LogP) is 0.578. The summed E-state index contributed by atoms with van der Waals surface area (Å²) in [7, 11) is 0. The van der Waals surface area contributed by atoms with Crippen LogP contribution in [0.4, 0.5) is 4.39 Å². The van der Waals surface area contributed by atoms with Gasteiger partial charge in [-0.15, -0.1) is 0 Å². The fraction of sp³-hybridized carbons (Fsp3) is 0.714. The summed E-state index contributed by atoms with van der Waals surface area (Å²) in [5.74, 6) is -3.53. The van der Waals surface area contributed by atoms with Gasteiger partial charge >= 0.3 is 5.97 Å². The van der Waals surface area contributed by atoms with Crippen LogP contribution in [0.5, 0.6) is 0 Å². The highest BCUT2D eigenvalue weighted by Gasteiger charge is 2.57. The lowest BCUT2D eigenvalue weighted by molar-refractivity contribution is -0.167. The zero-order valence-corrected chi connectivity index (χ0v) is 5.80. The summed E-state index contributed by atoms with van der Waals surface area (Å²) in [6, 6.07) is 0. The number of esters is 1. The van der Waals surface area contributed by atoms with Crippen molar-refractivity contribution in [2.75, 3.05) is 0 Å². The van der Waals surface area contributed by atoms with Crippen LogP contribution in [0.25, 0.3) is 0 Å².